The van der Waals surface area contributed by atoms with Crippen molar-refractivity contribution in [1.29, 1.82) is 0 Å². The Hall–Kier alpha value is -1.18. The first-order valence-corrected chi connectivity index (χ1v) is 4.57. The highest BCUT2D eigenvalue weighted by molar-refractivity contribution is 6.17. The monoisotopic (exact) mass is 279 g/mol. The van der Waals surface area contributed by atoms with Gasteiger partial charge in [-0.15, -0.1) is 24.8 Å². The molecule has 9 heteroatoms. The molecule has 0 N–H and O–H groups in total. The lowest BCUT2D eigenvalue weighted by Crippen LogP contribution is -2.20. The molecular formula is C8H4ClF6NO. The van der Waals surface area contributed by atoms with Gasteiger partial charge in [-0.2, -0.15) is 0 Å². The summed E-state index contributed by atoms with van der Waals surface area (Å²) in [5, 5.41) is 0. The maximum Gasteiger partial charge on any atom is 0.573 e. The zero-order valence-electron chi connectivity index (χ0n) is 7.86. The van der Waals surface area contributed by atoms with Gasteiger partial charge < -0.3 is 4.74 Å². The first-order valence-electron chi connectivity index (χ1n) is 4.03. The normalized spacial score (nSPS) is 12.0. The number of aromatic nitrogens is 1. The molecule has 1 rings (SSSR count). The zero-order chi connectivity index (χ0) is 13.2. The quantitative estimate of drug-likeness (QED) is 0.620. The molecule has 96 valence electrons. The van der Waals surface area contributed by atoms with Gasteiger partial charge in [0, 0.05) is 6.20 Å². The molecule has 0 spiro atoms. The van der Waals surface area contributed by atoms with E-state index in [2.05, 4.69) is 9.72 Å². The first kappa shape index (κ1) is 13.9. The Morgan fingerprint density at radius 2 is 1.94 bits per heavy atom. The minimum atomic E-state index is -5.22. The van der Waals surface area contributed by atoms with Crippen LogP contribution in [0.4, 0.5) is 26.3 Å². The van der Waals surface area contributed by atoms with Crippen molar-refractivity contribution in [2.24, 2.45) is 0 Å². The Bertz CT molecular complexity index is 408. The van der Waals surface area contributed by atoms with Crippen molar-refractivity contribution in [2.75, 3.05) is 0 Å². The molecule has 1 aromatic rings. The Morgan fingerprint density at radius 3 is 2.35 bits per heavy atom. The van der Waals surface area contributed by atoms with E-state index in [1.807, 2.05) is 0 Å². The van der Waals surface area contributed by atoms with Gasteiger partial charge in [0.25, 0.3) is 6.43 Å². The van der Waals surface area contributed by atoms with Crippen LogP contribution >= 0.6 is 11.6 Å². The topological polar surface area (TPSA) is 22.1 Å². The van der Waals surface area contributed by atoms with E-state index in [-0.39, 0.29) is 0 Å². The highest BCUT2D eigenvalue weighted by Gasteiger charge is 2.35. The van der Waals surface area contributed by atoms with E-state index in [0.717, 1.165) is 0 Å². The van der Waals surface area contributed by atoms with E-state index < -0.39 is 41.5 Å². The summed E-state index contributed by atoms with van der Waals surface area (Å²) in [4.78, 5) is 3.19. The highest BCUT2D eigenvalue weighted by Crippen LogP contribution is 2.34. The molecule has 0 radical (unpaired) electrons. The van der Waals surface area contributed by atoms with Gasteiger partial charge in [-0.25, -0.2) is 13.2 Å². The fraction of sp³-hybridized carbons (Fsp3) is 0.375. The number of ether oxygens (including phenoxy) is 1. The van der Waals surface area contributed by atoms with Gasteiger partial charge in [0.2, 0.25) is 0 Å². The molecular weight excluding hydrogens is 276 g/mol. The lowest BCUT2D eigenvalue weighted by molar-refractivity contribution is -0.276. The molecule has 0 aliphatic rings. The van der Waals surface area contributed by atoms with Gasteiger partial charge in [0.15, 0.2) is 11.6 Å². The summed E-state index contributed by atoms with van der Waals surface area (Å²) >= 11 is 5.20. The van der Waals surface area contributed by atoms with Crippen LogP contribution in [0.5, 0.6) is 5.75 Å². The average molecular weight is 280 g/mol. The van der Waals surface area contributed by atoms with Crippen LogP contribution in [0, 0.1) is 5.82 Å². The van der Waals surface area contributed by atoms with Gasteiger partial charge in [0.05, 0.1) is 11.4 Å². The third-order valence-corrected chi connectivity index (χ3v) is 1.91. The third kappa shape index (κ3) is 3.39. The minimum absolute atomic E-state index is 0.418. The van der Waals surface area contributed by atoms with Crippen molar-refractivity contribution in [3.05, 3.63) is 23.3 Å². The predicted molar refractivity (Wildman–Crippen MR) is 45.4 cm³/mol. The van der Waals surface area contributed by atoms with E-state index in [0.29, 0.717) is 6.20 Å². The molecule has 2 nitrogen and oxygen atoms in total. The summed E-state index contributed by atoms with van der Waals surface area (Å²) in [5.74, 6) is -3.85. The van der Waals surface area contributed by atoms with Crippen molar-refractivity contribution in [3.63, 3.8) is 0 Å². The molecule has 0 saturated carbocycles. The summed E-state index contributed by atoms with van der Waals surface area (Å²) in [6.07, 6.45) is -8.10. The van der Waals surface area contributed by atoms with Crippen LogP contribution in [0.2, 0.25) is 0 Å². The van der Waals surface area contributed by atoms with Crippen molar-refractivity contribution in [2.45, 2.75) is 18.7 Å². The van der Waals surface area contributed by atoms with Gasteiger partial charge >= 0.3 is 6.36 Å². The smallest absolute Gasteiger partial charge is 0.401 e. The summed E-state index contributed by atoms with van der Waals surface area (Å²) in [7, 11) is 0. The number of alkyl halides is 6. The Morgan fingerprint density at radius 1 is 1.35 bits per heavy atom. The fourth-order valence-electron chi connectivity index (χ4n) is 0.987. The molecule has 0 aromatic carbocycles. The standard InChI is InChI=1S/C8H4ClF6NO/c9-1-4-6(17-8(13,14)15)5(10)3(2-16-4)7(11)12/h2,7H,1H2. The van der Waals surface area contributed by atoms with Crippen LogP contribution in [0.1, 0.15) is 17.7 Å². The Kier molecular flexibility index (Phi) is 4.07. The van der Waals surface area contributed by atoms with Crippen LogP contribution in [-0.4, -0.2) is 11.3 Å². The average Bonchev–Trinajstić information content (AvgIpc) is 2.18. The second kappa shape index (κ2) is 4.99. The van der Waals surface area contributed by atoms with E-state index in [1.165, 1.54) is 0 Å². The van der Waals surface area contributed by atoms with Crippen molar-refractivity contribution in [1.82, 2.24) is 4.98 Å². The van der Waals surface area contributed by atoms with Crippen LogP contribution in [-0.2, 0) is 5.88 Å². The fourth-order valence-corrected chi connectivity index (χ4v) is 1.18. The van der Waals surface area contributed by atoms with Crippen LogP contribution in [0.15, 0.2) is 6.20 Å². The van der Waals surface area contributed by atoms with E-state index in [9.17, 15) is 26.3 Å². The number of nitrogens with zero attached hydrogens (tertiary/aromatic N) is 1. The minimum Gasteiger partial charge on any atom is -0.401 e. The van der Waals surface area contributed by atoms with Crippen LogP contribution in [0.3, 0.4) is 0 Å². The zero-order valence-corrected chi connectivity index (χ0v) is 8.62. The molecule has 0 unspecified atom stereocenters. The summed E-state index contributed by atoms with van der Waals surface area (Å²) in [6, 6.07) is 0. The molecule has 0 aliphatic carbocycles. The first-order chi connectivity index (χ1) is 7.76. The van der Waals surface area contributed by atoms with E-state index in [1.54, 1.807) is 0 Å². The summed E-state index contributed by atoms with van der Waals surface area (Å²) in [5.41, 5.74) is -1.89. The maximum absolute atomic E-state index is 13.3. The predicted octanol–water partition coefficient (Wildman–Crippen LogP) is 3.80. The lowest BCUT2D eigenvalue weighted by atomic mass is 10.2. The van der Waals surface area contributed by atoms with Gasteiger partial charge in [-0.3, -0.25) is 4.98 Å². The van der Waals surface area contributed by atoms with Crippen molar-refractivity contribution in [3.8, 4) is 5.75 Å². The highest BCUT2D eigenvalue weighted by atomic mass is 35.5. The largest absolute Gasteiger partial charge is 0.573 e. The number of halogens is 7. The SMILES string of the molecule is Fc1c(C(F)F)cnc(CCl)c1OC(F)(F)F. The number of hydrogen-bond donors (Lipinski definition) is 0. The number of rotatable bonds is 3. The van der Waals surface area contributed by atoms with Gasteiger partial charge in [0.1, 0.15) is 5.69 Å². The summed E-state index contributed by atoms with van der Waals surface area (Å²) < 4.78 is 76.8. The lowest BCUT2D eigenvalue weighted by Gasteiger charge is -2.14. The van der Waals surface area contributed by atoms with Gasteiger partial charge in [-0.1, -0.05) is 0 Å². The molecule has 1 heterocycles. The van der Waals surface area contributed by atoms with E-state index >= 15 is 0 Å². The molecule has 0 atom stereocenters. The molecule has 0 aliphatic heterocycles. The number of pyridine rings is 1. The third-order valence-electron chi connectivity index (χ3n) is 1.65. The summed E-state index contributed by atoms with van der Waals surface area (Å²) in [6.45, 7) is 0. The van der Waals surface area contributed by atoms with Crippen molar-refractivity contribution < 1.29 is 31.1 Å². The van der Waals surface area contributed by atoms with Gasteiger partial charge in [-0.05, 0) is 0 Å². The molecule has 0 bridgehead atoms. The van der Waals surface area contributed by atoms with Crippen molar-refractivity contribution >= 4 is 11.6 Å². The number of hydrogen-bond acceptors (Lipinski definition) is 2. The Balaban J connectivity index is 3.28. The molecule has 0 amide bonds. The molecule has 0 fully saturated rings. The molecule has 0 saturated heterocycles. The second-order valence-electron chi connectivity index (χ2n) is 2.79. The van der Waals surface area contributed by atoms with E-state index in [4.69, 9.17) is 11.6 Å². The van der Waals surface area contributed by atoms with Crippen LogP contribution in [0.25, 0.3) is 0 Å². The second-order valence-corrected chi connectivity index (χ2v) is 3.05. The van der Waals surface area contributed by atoms with Crippen LogP contribution < -0.4 is 4.74 Å². The molecule has 17 heavy (non-hydrogen) atoms. The Labute approximate surface area is 96.2 Å². The molecule has 1 aromatic heterocycles. The maximum atomic E-state index is 13.3.